The topological polar surface area (TPSA) is 94.1 Å². The zero-order chi connectivity index (χ0) is 20.0. The van der Waals surface area contributed by atoms with Crippen molar-refractivity contribution in [3.05, 3.63) is 65.5 Å². The Hall–Kier alpha value is -3.62. The number of hydrogen-bond donors (Lipinski definition) is 1. The van der Waals surface area contributed by atoms with Gasteiger partial charge in [-0.3, -0.25) is 9.59 Å². The summed E-state index contributed by atoms with van der Waals surface area (Å²) in [7, 11) is 0. The van der Waals surface area contributed by atoms with Crippen molar-refractivity contribution >= 4 is 23.3 Å². The molecule has 28 heavy (non-hydrogen) atoms. The van der Waals surface area contributed by atoms with Gasteiger partial charge in [0.05, 0.1) is 17.3 Å². The van der Waals surface area contributed by atoms with E-state index in [1.807, 2.05) is 0 Å². The first kappa shape index (κ1) is 17.8. The van der Waals surface area contributed by atoms with Crippen molar-refractivity contribution in [1.29, 1.82) is 0 Å². The highest BCUT2D eigenvalue weighted by Crippen LogP contribution is 2.38. The van der Waals surface area contributed by atoms with Crippen LogP contribution in [0.15, 0.2) is 42.6 Å². The number of carbonyl (C=O) groups excluding carboxylic acids is 2. The number of rotatable bonds is 3. The smallest absolute Gasteiger partial charge is 0.242 e. The third-order valence-electron chi connectivity index (χ3n) is 4.67. The number of pyridine rings is 1. The van der Waals surface area contributed by atoms with E-state index in [2.05, 4.69) is 10.1 Å². The van der Waals surface area contributed by atoms with Gasteiger partial charge < -0.3 is 5.73 Å². The Morgan fingerprint density at radius 1 is 1.14 bits per heavy atom. The van der Waals surface area contributed by atoms with E-state index in [9.17, 15) is 18.4 Å². The van der Waals surface area contributed by atoms with Crippen LogP contribution in [0.4, 0.5) is 20.3 Å². The highest BCUT2D eigenvalue weighted by Gasteiger charge is 2.43. The molecule has 7 nitrogen and oxygen atoms in total. The van der Waals surface area contributed by atoms with Crippen molar-refractivity contribution in [3.63, 3.8) is 0 Å². The highest BCUT2D eigenvalue weighted by atomic mass is 19.2. The molecule has 1 aromatic carbocycles. The fourth-order valence-electron chi connectivity index (χ4n) is 3.39. The summed E-state index contributed by atoms with van der Waals surface area (Å²) < 4.78 is 28.2. The number of nitrogen functional groups attached to an aromatic ring is 1. The van der Waals surface area contributed by atoms with Crippen molar-refractivity contribution in [2.75, 3.05) is 10.6 Å². The zero-order valence-corrected chi connectivity index (χ0v) is 14.8. The number of benzene rings is 1. The molecule has 4 rings (SSSR count). The second-order valence-corrected chi connectivity index (χ2v) is 6.41. The van der Waals surface area contributed by atoms with Crippen LogP contribution in [0, 0.1) is 18.6 Å². The maximum absolute atomic E-state index is 13.6. The van der Waals surface area contributed by atoms with Crippen LogP contribution in [0.1, 0.15) is 23.6 Å². The standard InChI is InChI=1S/C19H15F2N5O2/c1-10-17(18(22)26(24-10)15-4-2-3-7-23-15)12-9-16(27)25(19(12)28)11-5-6-13(20)14(21)8-11/h2-8,12H,9,22H2,1H3/t12-/m1/s1. The molecule has 142 valence electrons. The molecule has 0 saturated carbocycles. The monoisotopic (exact) mass is 383 g/mol. The largest absolute Gasteiger partial charge is 0.383 e. The quantitative estimate of drug-likeness (QED) is 0.702. The van der Waals surface area contributed by atoms with Gasteiger partial charge in [0, 0.05) is 24.2 Å². The average molecular weight is 383 g/mol. The van der Waals surface area contributed by atoms with Gasteiger partial charge in [-0.1, -0.05) is 6.07 Å². The zero-order valence-electron chi connectivity index (χ0n) is 14.8. The van der Waals surface area contributed by atoms with Crippen LogP contribution in [0.2, 0.25) is 0 Å². The molecule has 0 aliphatic carbocycles. The fourth-order valence-corrected chi connectivity index (χ4v) is 3.39. The van der Waals surface area contributed by atoms with Gasteiger partial charge in [0.15, 0.2) is 17.5 Å². The van der Waals surface area contributed by atoms with E-state index in [1.54, 1.807) is 31.3 Å². The van der Waals surface area contributed by atoms with Gasteiger partial charge in [-0.05, 0) is 31.2 Å². The first-order valence-corrected chi connectivity index (χ1v) is 8.46. The molecule has 0 bridgehead atoms. The lowest BCUT2D eigenvalue weighted by Crippen LogP contribution is -2.30. The second-order valence-electron chi connectivity index (χ2n) is 6.41. The van der Waals surface area contributed by atoms with Crippen LogP contribution < -0.4 is 10.6 Å². The minimum atomic E-state index is -1.14. The first-order valence-electron chi connectivity index (χ1n) is 8.46. The summed E-state index contributed by atoms with van der Waals surface area (Å²) in [6.07, 6.45) is 1.44. The van der Waals surface area contributed by atoms with Gasteiger partial charge in [0.1, 0.15) is 5.82 Å². The van der Waals surface area contributed by atoms with Crippen LogP contribution in [0.5, 0.6) is 0 Å². The van der Waals surface area contributed by atoms with E-state index >= 15 is 0 Å². The van der Waals surface area contributed by atoms with Gasteiger partial charge in [0.2, 0.25) is 11.8 Å². The summed E-state index contributed by atoms with van der Waals surface area (Å²) in [6.45, 7) is 1.68. The van der Waals surface area contributed by atoms with E-state index in [1.165, 1.54) is 10.7 Å². The van der Waals surface area contributed by atoms with Crippen molar-refractivity contribution in [1.82, 2.24) is 14.8 Å². The van der Waals surface area contributed by atoms with Crippen LogP contribution in [0.3, 0.4) is 0 Å². The predicted octanol–water partition coefficient (Wildman–Crippen LogP) is 2.48. The molecule has 0 unspecified atom stereocenters. The Bertz CT molecular complexity index is 1100. The molecule has 1 saturated heterocycles. The number of imide groups is 1. The number of amides is 2. The van der Waals surface area contributed by atoms with Gasteiger partial charge in [-0.25, -0.2) is 18.7 Å². The van der Waals surface area contributed by atoms with Crippen molar-refractivity contribution in [2.45, 2.75) is 19.3 Å². The first-order chi connectivity index (χ1) is 13.4. The number of hydrogen-bond acceptors (Lipinski definition) is 5. The number of carbonyl (C=O) groups is 2. The summed E-state index contributed by atoms with van der Waals surface area (Å²) in [5.74, 6) is -3.47. The van der Waals surface area contributed by atoms with Crippen molar-refractivity contribution in [2.24, 2.45) is 0 Å². The van der Waals surface area contributed by atoms with E-state index in [0.29, 0.717) is 17.1 Å². The third-order valence-corrected chi connectivity index (χ3v) is 4.67. The summed E-state index contributed by atoms with van der Waals surface area (Å²) in [4.78, 5) is 30.5. The lowest BCUT2D eigenvalue weighted by atomic mass is 9.97. The Morgan fingerprint density at radius 2 is 1.93 bits per heavy atom. The number of anilines is 2. The minimum Gasteiger partial charge on any atom is -0.383 e. The number of halogens is 2. The summed E-state index contributed by atoms with van der Waals surface area (Å²) >= 11 is 0. The second kappa shape index (κ2) is 6.52. The van der Waals surface area contributed by atoms with Gasteiger partial charge >= 0.3 is 0 Å². The number of aromatic nitrogens is 3. The lowest BCUT2D eigenvalue weighted by molar-refractivity contribution is -0.121. The molecule has 1 aliphatic heterocycles. The molecule has 1 aliphatic rings. The highest BCUT2D eigenvalue weighted by molar-refractivity contribution is 6.23. The minimum absolute atomic E-state index is 0.0234. The van der Waals surface area contributed by atoms with Gasteiger partial charge in [-0.2, -0.15) is 9.78 Å². The van der Waals surface area contributed by atoms with E-state index in [0.717, 1.165) is 17.0 Å². The normalized spacial score (nSPS) is 16.8. The Balaban J connectivity index is 1.73. The maximum Gasteiger partial charge on any atom is 0.242 e. The molecule has 1 atom stereocenters. The molecule has 0 spiro atoms. The van der Waals surface area contributed by atoms with Crippen LogP contribution in [-0.4, -0.2) is 26.6 Å². The summed E-state index contributed by atoms with van der Waals surface area (Å²) in [5, 5.41) is 4.35. The number of aryl methyl sites for hydroxylation is 1. The van der Waals surface area contributed by atoms with E-state index in [-0.39, 0.29) is 17.9 Å². The average Bonchev–Trinajstić information content (AvgIpc) is 3.13. The van der Waals surface area contributed by atoms with Gasteiger partial charge in [0.25, 0.3) is 0 Å². The fraction of sp³-hybridized carbons (Fsp3) is 0.158. The van der Waals surface area contributed by atoms with Crippen molar-refractivity contribution in [3.8, 4) is 5.82 Å². The molecule has 1 fully saturated rings. The summed E-state index contributed by atoms with van der Waals surface area (Å²) in [5.41, 5.74) is 7.11. The number of nitrogens with two attached hydrogens (primary N) is 1. The van der Waals surface area contributed by atoms with Crippen molar-refractivity contribution < 1.29 is 18.4 Å². The Morgan fingerprint density at radius 3 is 2.61 bits per heavy atom. The molecule has 3 heterocycles. The molecular weight excluding hydrogens is 368 g/mol. The molecule has 9 heteroatoms. The van der Waals surface area contributed by atoms with Crippen LogP contribution >= 0.6 is 0 Å². The SMILES string of the molecule is Cc1nn(-c2ccccn2)c(N)c1[C@H]1CC(=O)N(c2ccc(F)c(F)c2)C1=O. The predicted molar refractivity (Wildman–Crippen MR) is 96.7 cm³/mol. The lowest BCUT2D eigenvalue weighted by Gasteiger charge is -2.15. The molecule has 2 amide bonds. The van der Waals surface area contributed by atoms with Gasteiger partial charge in [-0.15, -0.1) is 0 Å². The maximum atomic E-state index is 13.6. The van der Waals surface area contributed by atoms with E-state index < -0.39 is 29.4 Å². The molecule has 3 aromatic rings. The van der Waals surface area contributed by atoms with Crippen LogP contribution in [-0.2, 0) is 9.59 Å². The Labute approximate surface area is 158 Å². The molecule has 0 radical (unpaired) electrons. The third kappa shape index (κ3) is 2.72. The summed E-state index contributed by atoms with van der Waals surface area (Å²) in [6, 6.07) is 8.10. The molecular formula is C19H15F2N5O2. The van der Waals surface area contributed by atoms with E-state index in [4.69, 9.17) is 5.73 Å². The van der Waals surface area contributed by atoms with Crippen LogP contribution in [0.25, 0.3) is 5.82 Å². The molecule has 2 N–H and O–H groups in total. The number of nitrogens with zero attached hydrogens (tertiary/aromatic N) is 4. The Kier molecular flexibility index (Phi) is 4.14. The molecule has 2 aromatic heterocycles.